The minimum absolute atomic E-state index is 0.0544. The Labute approximate surface area is 199 Å². The van der Waals surface area contributed by atoms with E-state index in [-0.39, 0.29) is 29.7 Å². The highest BCUT2D eigenvalue weighted by atomic mass is 79.9. The third-order valence-electron chi connectivity index (χ3n) is 4.38. The second-order valence-corrected chi connectivity index (χ2v) is 10.9. The summed E-state index contributed by atoms with van der Waals surface area (Å²) < 4.78 is 39.1. The molecule has 12 heteroatoms. The molecule has 2 aromatic carbocycles. The Balaban J connectivity index is 1.42. The zero-order valence-corrected chi connectivity index (χ0v) is 20.4. The Morgan fingerprint density at radius 2 is 1.87 bits per heavy atom. The molecule has 2 aliphatic heterocycles. The van der Waals surface area contributed by atoms with Crippen LogP contribution in [-0.2, 0) is 14.8 Å². The molecular weight excluding hydrogens is 576 g/mol. The molecule has 0 aromatic heterocycles. The highest BCUT2D eigenvalue weighted by Crippen LogP contribution is 2.36. The Kier molecular flexibility index (Phi) is 6.44. The molecule has 2 amide bonds. The Morgan fingerprint density at radius 1 is 1.10 bits per heavy atom. The van der Waals surface area contributed by atoms with Gasteiger partial charge in [-0.1, -0.05) is 22.0 Å². The van der Waals surface area contributed by atoms with Gasteiger partial charge in [-0.25, -0.2) is 13.1 Å². The van der Waals surface area contributed by atoms with Gasteiger partial charge in [0.25, 0.3) is 11.1 Å². The molecule has 1 saturated heterocycles. The van der Waals surface area contributed by atoms with Crippen molar-refractivity contribution in [3.63, 3.8) is 0 Å². The Bertz CT molecular complexity index is 1220. The van der Waals surface area contributed by atoms with Crippen molar-refractivity contribution in [3.05, 3.63) is 55.8 Å². The number of nitrogens with zero attached hydrogens (tertiary/aromatic N) is 1. The van der Waals surface area contributed by atoms with E-state index in [1.54, 1.807) is 36.4 Å². The smallest absolute Gasteiger partial charge is 0.293 e. The van der Waals surface area contributed by atoms with Gasteiger partial charge in [0, 0.05) is 22.0 Å². The quantitative estimate of drug-likeness (QED) is 0.509. The molecule has 0 spiro atoms. The molecule has 0 unspecified atom stereocenters. The van der Waals surface area contributed by atoms with Gasteiger partial charge in [0.1, 0.15) is 0 Å². The maximum absolute atomic E-state index is 12.6. The van der Waals surface area contributed by atoms with Crippen molar-refractivity contribution >= 4 is 70.9 Å². The number of nitrogens with one attached hydrogen (secondary N) is 1. The fraction of sp³-hybridized carbons (Fsp3) is 0.158. The van der Waals surface area contributed by atoms with Crippen LogP contribution in [0, 0.1) is 0 Å². The number of imide groups is 1. The predicted octanol–water partition coefficient (Wildman–Crippen LogP) is 3.96. The summed E-state index contributed by atoms with van der Waals surface area (Å²) in [4.78, 5) is 26.3. The summed E-state index contributed by atoms with van der Waals surface area (Å²) in [5.41, 5.74) is 0.690. The minimum Gasteiger partial charge on any atom is -0.454 e. The lowest BCUT2D eigenvalue weighted by molar-refractivity contribution is -0.122. The van der Waals surface area contributed by atoms with E-state index in [9.17, 15) is 18.0 Å². The normalized spacial score (nSPS) is 17.1. The number of halogens is 2. The molecule has 0 bridgehead atoms. The lowest BCUT2D eigenvalue weighted by Gasteiger charge is -2.14. The van der Waals surface area contributed by atoms with Gasteiger partial charge in [-0.15, -0.1) is 0 Å². The minimum atomic E-state index is -3.83. The van der Waals surface area contributed by atoms with Crippen LogP contribution in [0.25, 0.3) is 6.08 Å². The van der Waals surface area contributed by atoms with Crippen LogP contribution in [0.3, 0.4) is 0 Å². The van der Waals surface area contributed by atoms with E-state index >= 15 is 0 Å². The maximum atomic E-state index is 12.6. The van der Waals surface area contributed by atoms with Crippen molar-refractivity contribution in [1.82, 2.24) is 9.62 Å². The van der Waals surface area contributed by atoms with Crippen LogP contribution in [0.4, 0.5) is 4.79 Å². The van der Waals surface area contributed by atoms with Crippen LogP contribution in [-0.4, -0.2) is 44.3 Å². The highest BCUT2D eigenvalue weighted by Gasteiger charge is 2.35. The second kappa shape index (κ2) is 8.94. The van der Waals surface area contributed by atoms with E-state index in [4.69, 9.17) is 9.47 Å². The SMILES string of the molecule is O=C1SC(=Cc2ccc3c(c2)OCO3)C(=O)N1CCNS(=O)(=O)c1cc(Br)ccc1Br. The first-order valence-electron chi connectivity index (χ1n) is 8.84. The lowest BCUT2D eigenvalue weighted by atomic mass is 10.2. The fourth-order valence-electron chi connectivity index (χ4n) is 2.90. The molecule has 2 aromatic rings. The van der Waals surface area contributed by atoms with E-state index in [2.05, 4.69) is 36.6 Å². The van der Waals surface area contributed by atoms with Crippen LogP contribution in [0.5, 0.6) is 11.5 Å². The van der Waals surface area contributed by atoms with Gasteiger partial charge in [0.2, 0.25) is 16.8 Å². The second-order valence-electron chi connectivity index (χ2n) is 6.42. The van der Waals surface area contributed by atoms with Crippen LogP contribution in [0.1, 0.15) is 5.56 Å². The van der Waals surface area contributed by atoms with Gasteiger partial charge in [-0.05, 0) is 69.7 Å². The van der Waals surface area contributed by atoms with Gasteiger partial charge in [-0.3, -0.25) is 14.5 Å². The highest BCUT2D eigenvalue weighted by molar-refractivity contribution is 9.11. The lowest BCUT2D eigenvalue weighted by Crippen LogP contribution is -2.37. The van der Waals surface area contributed by atoms with E-state index in [1.165, 1.54) is 6.07 Å². The zero-order chi connectivity index (χ0) is 22.2. The third kappa shape index (κ3) is 4.82. The average Bonchev–Trinajstić information content (AvgIpc) is 3.29. The number of carbonyl (C=O) groups is 2. The van der Waals surface area contributed by atoms with Gasteiger partial charge in [0.05, 0.1) is 9.80 Å². The number of carbonyl (C=O) groups excluding carboxylic acids is 2. The number of hydrogen-bond donors (Lipinski definition) is 1. The largest absolute Gasteiger partial charge is 0.454 e. The summed E-state index contributed by atoms with van der Waals surface area (Å²) in [6, 6.07) is 9.98. The van der Waals surface area contributed by atoms with Gasteiger partial charge in [0.15, 0.2) is 11.5 Å². The molecule has 2 aliphatic rings. The average molecular weight is 590 g/mol. The van der Waals surface area contributed by atoms with Crippen molar-refractivity contribution in [2.75, 3.05) is 19.9 Å². The molecule has 1 N–H and O–H groups in total. The molecule has 0 saturated carbocycles. The zero-order valence-electron chi connectivity index (χ0n) is 15.6. The van der Waals surface area contributed by atoms with Crippen LogP contribution >= 0.6 is 43.6 Å². The number of sulfonamides is 1. The number of fused-ring (bicyclic) bond motifs is 1. The van der Waals surface area contributed by atoms with E-state index < -0.39 is 21.2 Å². The van der Waals surface area contributed by atoms with Crippen molar-refractivity contribution in [1.29, 1.82) is 0 Å². The van der Waals surface area contributed by atoms with Crippen molar-refractivity contribution in [2.24, 2.45) is 0 Å². The maximum Gasteiger partial charge on any atom is 0.293 e. The van der Waals surface area contributed by atoms with Crippen LogP contribution < -0.4 is 14.2 Å². The van der Waals surface area contributed by atoms with Crippen LogP contribution in [0.2, 0.25) is 0 Å². The molecule has 162 valence electrons. The monoisotopic (exact) mass is 588 g/mol. The Morgan fingerprint density at radius 3 is 2.68 bits per heavy atom. The van der Waals surface area contributed by atoms with Crippen molar-refractivity contribution in [3.8, 4) is 11.5 Å². The molecule has 1 fully saturated rings. The number of amides is 2. The van der Waals surface area contributed by atoms with Crippen LogP contribution in [0.15, 0.2) is 55.1 Å². The number of ether oxygens (including phenoxy) is 2. The van der Waals surface area contributed by atoms with Crippen molar-refractivity contribution < 1.29 is 27.5 Å². The first-order chi connectivity index (χ1) is 14.7. The molecule has 8 nitrogen and oxygen atoms in total. The molecule has 2 heterocycles. The van der Waals surface area contributed by atoms with Gasteiger partial charge < -0.3 is 9.47 Å². The Hall–Kier alpha value is -1.86. The predicted molar refractivity (Wildman–Crippen MR) is 122 cm³/mol. The van der Waals surface area contributed by atoms with Crippen molar-refractivity contribution in [2.45, 2.75) is 4.90 Å². The fourth-order valence-corrected chi connectivity index (χ4v) is 6.29. The summed E-state index contributed by atoms with van der Waals surface area (Å²) in [6.45, 7) is -0.0632. The molecule has 0 radical (unpaired) electrons. The summed E-state index contributed by atoms with van der Waals surface area (Å²) in [5.74, 6) is 0.714. The summed E-state index contributed by atoms with van der Waals surface area (Å²) in [6.07, 6.45) is 1.59. The summed E-state index contributed by atoms with van der Waals surface area (Å²) in [7, 11) is -3.83. The topological polar surface area (TPSA) is 102 Å². The number of benzene rings is 2. The first-order valence-corrected chi connectivity index (χ1v) is 12.7. The van der Waals surface area contributed by atoms with Gasteiger partial charge in [-0.2, -0.15) is 0 Å². The first kappa shape index (κ1) is 22.3. The van der Waals surface area contributed by atoms with E-state index in [1.807, 2.05) is 0 Å². The van der Waals surface area contributed by atoms with Gasteiger partial charge >= 0.3 is 0 Å². The summed E-state index contributed by atoms with van der Waals surface area (Å²) in [5, 5.41) is -0.458. The number of rotatable bonds is 6. The molecule has 31 heavy (non-hydrogen) atoms. The molecule has 0 atom stereocenters. The molecule has 0 aliphatic carbocycles. The standard InChI is InChI=1S/C19H14Br2N2O6S2/c20-12-2-3-13(21)17(9-12)31(26,27)22-5-6-23-18(24)16(30-19(23)25)8-11-1-4-14-15(7-11)29-10-28-14/h1-4,7-9,22H,5-6,10H2. The number of thioether (sulfide) groups is 1. The van der Waals surface area contributed by atoms with E-state index in [0.717, 1.165) is 16.7 Å². The number of hydrogen-bond acceptors (Lipinski definition) is 7. The van der Waals surface area contributed by atoms with E-state index in [0.29, 0.717) is 26.0 Å². The molecular formula is C19H14Br2N2O6S2. The summed E-state index contributed by atoms with van der Waals surface area (Å²) >= 11 is 7.26. The molecule has 4 rings (SSSR count). The third-order valence-corrected chi connectivity index (χ3v) is 8.23.